The first-order valence-electron chi connectivity index (χ1n) is 13.0. The van der Waals surface area contributed by atoms with Crippen molar-refractivity contribution < 1.29 is 19.8 Å². The first-order chi connectivity index (χ1) is 17.8. The highest BCUT2D eigenvalue weighted by Gasteiger charge is 2.36. The van der Waals surface area contributed by atoms with E-state index in [0.29, 0.717) is 24.1 Å². The van der Waals surface area contributed by atoms with Crippen molar-refractivity contribution in [2.75, 3.05) is 18.0 Å². The summed E-state index contributed by atoms with van der Waals surface area (Å²) >= 11 is 0. The molecule has 1 unspecified atom stereocenters. The van der Waals surface area contributed by atoms with Crippen molar-refractivity contribution in [2.24, 2.45) is 11.8 Å². The summed E-state index contributed by atoms with van der Waals surface area (Å²) in [7, 11) is 0. The van der Waals surface area contributed by atoms with Crippen LogP contribution in [0.5, 0.6) is 5.75 Å². The molecule has 3 aromatic rings. The maximum atomic E-state index is 13.8. The molecule has 1 aliphatic rings. The Morgan fingerprint density at radius 2 is 1.65 bits per heavy atom. The molecule has 1 fully saturated rings. The van der Waals surface area contributed by atoms with E-state index < -0.39 is 12.0 Å². The van der Waals surface area contributed by atoms with Crippen LogP contribution in [-0.2, 0) is 16.0 Å². The van der Waals surface area contributed by atoms with Gasteiger partial charge >= 0.3 is 5.97 Å². The van der Waals surface area contributed by atoms with Crippen LogP contribution in [0.4, 0.5) is 5.69 Å². The topological polar surface area (TPSA) is 81.1 Å². The summed E-state index contributed by atoms with van der Waals surface area (Å²) in [5.41, 5.74) is 2.49. The van der Waals surface area contributed by atoms with Crippen LogP contribution in [0.2, 0.25) is 0 Å². The number of aromatic hydroxyl groups is 1. The third-order valence-electron chi connectivity index (χ3n) is 7.66. The Morgan fingerprint density at radius 3 is 2.30 bits per heavy atom. The van der Waals surface area contributed by atoms with Gasteiger partial charge in [0.05, 0.1) is 0 Å². The van der Waals surface area contributed by atoms with Crippen LogP contribution in [0, 0.1) is 11.8 Å². The number of phenolic OH excluding ortho intramolecular Hbond substituents is 1. The van der Waals surface area contributed by atoms with Gasteiger partial charge in [-0.3, -0.25) is 14.6 Å². The van der Waals surface area contributed by atoms with E-state index in [-0.39, 0.29) is 30.5 Å². The number of para-hydroxylation sites is 1. The van der Waals surface area contributed by atoms with Crippen molar-refractivity contribution in [3.05, 3.63) is 96.1 Å². The number of hydrogen-bond acceptors (Lipinski definition) is 4. The second kappa shape index (κ2) is 12.1. The van der Waals surface area contributed by atoms with Crippen LogP contribution >= 0.6 is 0 Å². The second-order valence-corrected chi connectivity index (χ2v) is 10.1. The van der Waals surface area contributed by atoms with Crippen LogP contribution in [0.1, 0.15) is 43.9 Å². The molecule has 6 heteroatoms. The highest BCUT2D eigenvalue weighted by Crippen LogP contribution is 2.40. The summed E-state index contributed by atoms with van der Waals surface area (Å²) in [5, 5.41) is 20.3. The molecule has 4 atom stereocenters. The lowest BCUT2D eigenvalue weighted by molar-refractivity contribution is -0.140. The van der Waals surface area contributed by atoms with Crippen molar-refractivity contribution in [1.29, 1.82) is 0 Å². The number of nitrogens with zero attached hydrogens (tertiary/aromatic N) is 2. The third kappa shape index (κ3) is 6.38. The molecule has 0 saturated carbocycles. The highest BCUT2D eigenvalue weighted by molar-refractivity contribution is 5.99. The van der Waals surface area contributed by atoms with Gasteiger partial charge in [0, 0.05) is 31.1 Å². The number of amides is 1. The Hall–Kier alpha value is -3.64. The molecular weight excluding hydrogens is 464 g/mol. The highest BCUT2D eigenvalue weighted by atomic mass is 16.4. The van der Waals surface area contributed by atoms with Gasteiger partial charge in [-0.1, -0.05) is 74.5 Å². The van der Waals surface area contributed by atoms with E-state index in [1.54, 1.807) is 18.2 Å². The number of carboxylic acid groups (broad SMARTS) is 1. The molecule has 1 heterocycles. The fraction of sp³-hybridized carbons (Fsp3) is 0.355. The number of carbonyl (C=O) groups is 2. The number of benzene rings is 3. The van der Waals surface area contributed by atoms with Crippen LogP contribution in [0.3, 0.4) is 0 Å². The number of anilines is 1. The van der Waals surface area contributed by atoms with Gasteiger partial charge in [-0.25, -0.2) is 4.79 Å². The van der Waals surface area contributed by atoms with Crippen LogP contribution in [-0.4, -0.2) is 46.1 Å². The Kier molecular flexibility index (Phi) is 8.62. The maximum absolute atomic E-state index is 13.8. The molecule has 0 aliphatic carbocycles. The van der Waals surface area contributed by atoms with E-state index in [1.165, 1.54) is 4.90 Å². The lowest BCUT2D eigenvalue weighted by Crippen LogP contribution is -2.48. The zero-order valence-electron chi connectivity index (χ0n) is 21.5. The molecule has 0 radical (unpaired) electrons. The minimum atomic E-state index is -1.03. The minimum absolute atomic E-state index is 0.0772. The minimum Gasteiger partial charge on any atom is -0.508 e. The fourth-order valence-corrected chi connectivity index (χ4v) is 5.46. The number of hydrogen-bond donors (Lipinski definition) is 2. The van der Waals surface area contributed by atoms with E-state index in [1.807, 2.05) is 66.7 Å². The van der Waals surface area contributed by atoms with Crippen molar-refractivity contribution >= 4 is 17.6 Å². The van der Waals surface area contributed by atoms with Gasteiger partial charge in [0.2, 0.25) is 5.91 Å². The monoisotopic (exact) mass is 500 g/mol. The Balaban J connectivity index is 1.58. The maximum Gasteiger partial charge on any atom is 0.327 e. The average molecular weight is 501 g/mol. The zero-order chi connectivity index (χ0) is 26.4. The van der Waals surface area contributed by atoms with Crippen LogP contribution in [0.15, 0.2) is 84.9 Å². The number of aliphatic carboxylic acids is 1. The van der Waals surface area contributed by atoms with Crippen molar-refractivity contribution in [2.45, 2.75) is 45.2 Å². The molecule has 194 valence electrons. The number of carbonyl (C=O) groups excluding carboxylic acids is 1. The number of phenols is 1. The van der Waals surface area contributed by atoms with E-state index in [4.69, 9.17) is 0 Å². The first kappa shape index (κ1) is 26.4. The van der Waals surface area contributed by atoms with E-state index in [9.17, 15) is 19.8 Å². The standard InChI is InChI=1S/C31H36N2O4/c1-22-16-18-32(30(23(22)2)25-12-9-15-27(34)21-25)19-17-29(35)33(26-13-7-4-8-14-26)28(31(36)37)20-24-10-5-3-6-11-24/h3-15,21-23,28,30,34H,16-20H2,1-2H3,(H,36,37)/t22-,23-,28+,30?/m1/s1. The summed E-state index contributed by atoms with van der Waals surface area (Å²) in [6, 6.07) is 24.9. The molecular formula is C31H36N2O4. The van der Waals surface area contributed by atoms with Gasteiger partial charge < -0.3 is 10.2 Å². The average Bonchev–Trinajstić information content (AvgIpc) is 2.90. The predicted octanol–water partition coefficient (Wildman–Crippen LogP) is 5.53. The lowest BCUT2D eigenvalue weighted by Gasteiger charge is -2.44. The number of likely N-dealkylation sites (tertiary alicyclic amines) is 1. The van der Waals surface area contributed by atoms with E-state index in [2.05, 4.69) is 18.7 Å². The molecule has 0 bridgehead atoms. The Labute approximate surface area is 219 Å². The van der Waals surface area contributed by atoms with Crippen LogP contribution < -0.4 is 4.90 Å². The van der Waals surface area contributed by atoms with Gasteiger partial charge in [-0.15, -0.1) is 0 Å². The van der Waals surface area contributed by atoms with Crippen molar-refractivity contribution in [3.8, 4) is 5.75 Å². The van der Waals surface area contributed by atoms with Gasteiger partial charge in [0.1, 0.15) is 11.8 Å². The van der Waals surface area contributed by atoms with Gasteiger partial charge in [0.25, 0.3) is 0 Å². The van der Waals surface area contributed by atoms with Crippen molar-refractivity contribution in [1.82, 2.24) is 4.90 Å². The van der Waals surface area contributed by atoms with E-state index in [0.717, 1.165) is 24.1 Å². The summed E-state index contributed by atoms with van der Waals surface area (Å²) < 4.78 is 0. The van der Waals surface area contributed by atoms with E-state index >= 15 is 0 Å². The SMILES string of the molecule is C[C@@H]1CCN(CCC(=O)N(c2ccccc2)[C@@H](Cc2ccccc2)C(=O)O)C(c2cccc(O)c2)[C@@H]1C. The summed E-state index contributed by atoms with van der Waals surface area (Å²) in [6.07, 6.45) is 1.45. The molecule has 0 spiro atoms. The van der Waals surface area contributed by atoms with Gasteiger partial charge in [-0.2, -0.15) is 0 Å². The van der Waals surface area contributed by atoms with Crippen LogP contribution in [0.25, 0.3) is 0 Å². The number of rotatable bonds is 9. The Bertz CT molecular complexity index is 1180. The molecule has 2 N–H and O–H groups in total. The normalized spacial score (nSPS) is 20.8. The molecule has 6 nitrogen and oxygen atoms in total. The molecule has 1 aliphatic heterocycles. The lowest BCUT2D eigenvalue weighted by atomic mass is 9.79. The Morgan fingerprint density at radius 1 is 0.973 bits per heavy atom. The summed E-state index contributed by atoms with van der Waals surface area (Å²) in [5.74, 6) is -0.142. The first-order valence-corrected chi connectivity index (χ1v) is 13.0. The molecule has 1 saturated heterocycles. The number of carboxylic acids is 1. The van der Waals surface area contributed by atoms with Crippen molar-refractivity contribution in [3.63, 3.8) is 0 Å². The molecule has 0 aromatic heterocycles. The quantitative estimate of drug-likeness (QED) is 0.404. The molecule has 37 heavy (non-hydrogen) atoms. The largest absolute Gasteiger partial charge is 0.508 e. The molecule has 3 aromatic carbocycles. The summed E-state index contributed by atoms with van der Waals surface area (Å²) in [4.78, 5) is 30.0. The second-order valence-electron chi connectivity index (χ2n) is 10.1. The van der Waals surface area contributed by atoms with Gasteiger partial charge in [0.15, 0.2) is 0 Å². The smallest absolute Gasteiger partial charge is 0.327 e. The molecule has 4 rings (SSSR count). The zero-order valence-corrected chi connectivity index (χ0v) is 21.5. The number of piperidine rings is 1. The summed E-state index contributed by atoms with van der Waals surface area (Å²) in [6.45, 7) is 5.83. The van der Waals surface area contributed by atoms with Gasteiger partial charge in [-0.05, 0) is 60.2 Å². The molecule has 1 amide bonds. The predicted molar refractivity (Wildman–Crippen MR) is 145 cm³/mol. The fourth-order valence-electron chi connectivity index (χ4n) is 5.46. The third-order valence-corrected chi connectivity index (χ3v) is 7.66.